The van der Waals surface area contributed by atoms with Crippen LogP contribution >= 0.6 is 0 Å². The summed E-state index contributed by atoms with van der Waals surface area (Å²) in [5.74, 6) is 0. The summed E-state index contributed by atoms with van der Waals surface area (Å²) in [6.07, 6.45) is 2.29. The molecule has 0 bridgehead atoms. The Morgan fingerprint density at radius 2 is 1.91 bits per heavy atom. The fraction of sp³-hybridized carbons (Fsp3) is 0.333. The Bertz CT molecular complexity index is 210. The molecule has 0 unspecified atom stereocenters. The molecule has 0 atom stereocenters. The molecule has 2 heteroatoms. The topological polar surface area (TPSA) is 0 Å². The van der Waals surface area contributed by atoms with Crippen molar-refractivity contribution in [3.05, 3.63) is 29.8 Å². The molecule has 0 aliphatic rings. The molecule has 0 spiro atoms. The number of hydrogen-bond acceptors (Lipinski definition) is 1. The molecule has 0 saturated carbocycles. The molecule has 0 heterocycles. The first kappa shape index (κ1) is 11.0. The average Bonchev–Trinajstić information content (AvgIpc) is 1.94. The van der Waals surface area contributed by atoms with Crippen LogP contribution in [0.2, 0.25) is 0 Å². The zero-order chi connectivity index (χ0) is 7.40. The van der Waals surface area contributed by atoms with E-state index in [2.05, 4.69) is 13.0 Å². The van der Waals surface area contributed by atoms with E-state index in [4.69, 9.17) is 12.6 Å². The fourth-order valence-electron chi connectivity index (χ4n) is 0.980. The van der Waals surface area contributed by atoms with Crippen LogP contribution in [0.5, 0.6) is 0 Å². The maximum atomic E-state index is 5.12. The van der Waals surface area contributed by atoms with Crippen LogP contribution in [0.1, 0.15) is 18.9 Å². The Balaban J connectivity index is 0.000001000. The van der Waals surface area contributed by atoms with E-state index in [0.29, 0.717) is 0 Å². The normalized spacial score (nSPS) is 8.82. The van der Waals surface area contributed by atoms with E-state index in [0.717, 1.165) is 11.3 Å². The van der Waals surface area contributed by atoms with Gasteiger partial charge in [0.05, 0.1) is 0 Å². The quantitative estimate of drug-likeness (QED) is 0.415. The molecule has 1 rings (SSSR count). The van der Waals surface area contributed by atoms with Gasteiger partial charge in [-0.15, -0.1) is 0 Å². The molecule has 0 aliphatic heterocycles. The monoisotopic (exact) mass is 158 g/mol. The minimum Gasteiger partial charge on any atom is -0.779 e. The van der Waals surface area contributed by atoms with Gasteiger partial charge in [0.1, 0.15) is 0 Å². The maximum absolute atomic E-state index is 5.12. The zero-order valence-corrected chi connectivity index (χ0v) is 7.95. The van der Waals surface area contributed by atoms with Crippen LogP contribution in [0.4, 0.5) is 0 Å². The minimum atomic E-state index is 0. The first-order valence-corrected chi connectivity index (χ1v) is 4.00. The van der Waals surface area contributed by atoms with Crippen molar-refractivity contribution in [3.63, 3.8) is 0 Å². The average molecular weight is 158 g/mol. The SMILES string of the molecule is CCCc1ccccc1[S-].[Li+]. The van der Waals surface area contributed by atoms with Crippen molar-refractivity contribution in [2.24, 2.45) is 0 Å². The van der Waals surface area contributed by atoms with Crippen LogP contribution in [0.25, 0.3) is 0 Å². The van der Waals surface area contributed by atoms with Gasteiger partial charge >= 0.3 is 18.9 Å². The van der Waals surface area contributed by atoms with Gasteiger partial charge in [0, 0.05) is 0 Å². The summed E-state index contributed by atoms with van der Waals surface area (Å²) < 4.78 is 0. The molecule has 0 radical (unpaired) electrons. The van der Waals surface area contributed by atoms with E-state index in [-0.39, 0.29) is 18.9 Å². The van der Waals surface area contributed by atoms with Gasteiger partial charge in [0.2, 0.25) is 0 Å². The van der Waals surface area contributed by atoms with Crippen molar-refractivity contribution in [2.75, 3.05) is 0 Å². The second kappa shape index (κ2) is 5.66. The smallest absolute Gasteiger partial charge is 0.779 e. The van der Waals surface area contributed by atoms with Gasteiger partial charge < -0.3 is 12.6 Å². The van der Waals surface area contributed by atoms with Crippen LogP contribution in [0.3, 0.4) is 0 Å². The predicted molar refractivity (Wildman–Crippen MR) is 46.1 cm³/mol. The molecular weight excluding hydrogens is 147 g/mol. The molecule has 1 aromatic rings. The van der Waals surface area contributed by atoms with Gasteiger partial charge in [0.25, 0.3) is 0 Å². The molecule has 0 N–H and O–H groups in total. The van der Waals surface area contributed by atoms with E-state index in [9.17, 15) is 0 Å². The van der Waals surface area contributed by atoms with E-state index in [1.807, 2.05) is 18.2 Å². The van der Waals surface area contributed by atoms with E-state index >= 15 is 0 Å². The van der Waals surface area contributed by atoms with Crippen molar-refractivity contribution >= 4 is 12.6 Å². The molecular formula is C9H11LiS. The minimum absolute atomic E-state index is 0. The molecule has 0 aliphatic carbocycles. The summed E-state index contributed by atoms with van der Waals surface area (Å²) in [6.45, 7) is 2.17. The Labute approximate surface area is 86.0 Å². The van der Waals surface area contributed by atoms with Crippen molar-refractivity contribution in [3.8, 4) is 0 Å². The fourth-order valence-corrected chi connectivity index (χ4v) is 1.23. The van der Waals surface area contributed by atoms with Crippen LogP contribution in [0.15, 0.2) is 29.2 Å². The second-order valence-corrected chi connectivity index (χ2v) is 2.80. The number of benzene rings is 1. The molecule has 11 heavy (non-hydrogen) atoms. The molecule has 0 nitrogen and oxygen atoms in total. The van der Waals surface area contributed by atoms with Crippen LogP contribution in [-0.2, 0) is 19.0 Å². The Hall–Kier alpha value is 0.0374. The predicted octanol–water partition coefficient (Wildman–Crippen LogP) is -0.451. The van der Waals surface area contributed by atoms with E-state index in [1.165, 1.54) is 12.0 Å². The van der Waals surface area contributed by atoms with E-state index < -0.39 is 0 Å². The molecule has 54 valence electrons. The van der Waals surface area contributed by atoms with Gasteiger partial charge in [-0.25, -0.2) is 0 Å². The largest absolute Gasteiger partial charge is 1.00 e. The molecule has 0 saturated heterocycles. The number of aryl methyl sites for hydroxylation is 1. The summed E-state index contributed by atoms with van der Waals surface area (Å²) in [7, 11) is 0. The Kier molecular flexibility index (Phi) is 5.68. The number of hydrogen-bond donors (Lipinski definition) is 0. The molecule has 0 fully saturated rings. The van der Waals surface area contributed by atoms with Crippen molar-refractivity contribution < 1.29 is 18.9 Å². The van der Waals surface area contributed by atoms with Gasteiger partial charge in [0.15, 0.2) is 0 Å². The van der Waals surface area contributed by atoms with E-state index in [1.54, 1.807) is 0 Å². The summed E-state index contributed by atoms with van der Waals surface area (Å²) in [4.78, 5) is 1.00. The van der Waals surface area contributed by atoms with Gasteiger partial charge in [-0.2, -0.15) is 4.90 Å². The third-order valence-corrected chi connectivity index (χ3v) is 1.89. The summed E-state index contributed by atoms with van der Waals surface area (Å²) >= 11 is 5.12. The first-order chi connectivity index (χ1) is 4.84. The maximum Gasteiger partial charge on any atom is 1.00 e. The van der Waals surface area contributed by atoms with Crippen molar-refractivity contribution in [2.45, 2.75) is 24.7 Å². The molecule has 0 amide bonds. The van der Waals surface area contributed by atoms with Gasteiger partial charge in [-0.1, -0.05) is 43.2 Å². The van der Waals surface area contributed by atoms with Gasteiger partial charge in [-0.3, -0.25) is 0 Å². The summed E-state index contributed by atoms with van der Waals surface area (Å²) in [5, 5.41) is 0. The van der Waals surface area contributed by atoms with Crippen LogP contribution in [0, 0.1) is 0 Å². The molecule has 1 aromatic carbocycles. The Morgan fingerprint density at radius 3 is 2.45 bits per heavy atom. The molecule has 0 aromatic heterocycles. The third-order valence-electron chi connectivity index (χ3n) is 1.49. The zero-order valence-electron chi connectivity index (χ0n) is 7.13. The standard InChI is InChI=1S/C9H12S.Li/c1-2-5-8-6-3-4-7-9(8)10;/h3-4,6-7,10H,2,5H2,1H3;/q;+1/p-1. The summed E-state index contributed by atoms with van der Waals surface area (Å²) in [5.41, 5.74) is 1.31. The number of rotatable bonds is 2. The van der Waals surface area contributed by atoms with Crippen LogP contribution < -0.4 is 18.9 Å². The van der Waals surface area contributed by atoms with Crippen molar-refractivity contribution in [1.82, 2.24) is 0 Å². The van der Waals surface area contributed by atoms with Gasteiger partial charge in [-0.05, 0) is 6.42 Å². The van der Waals surface area contributed by atoms with Crippen LogP contribution in [-0.4, -0.2) is 0 Å². The Morgan fingerprint density at radius 1 is 1.27 bits per heavy atom. The summed E-state index contributed by atoms with van der Waals surface area (Å²) in [6, 6.07) is 8.12. The first-order valence-electron chi connectivity index (χ1n) is 3.59. The third kappa shape index (κ3) is 3.29. The van der Waals surface area contributed by atoms with Crippen molar-refractivity contribution in [1.29, 1.82) is 0 Å². The second-order valence-electron chi connectivity index (χ2n) is 2.36.